The third kappa shape index (κ3) is 10.6. The molecule has 0 bridgehead atoms. The van der Waals surface area contributed by atoms with Crippen molar-refractivity contribution in [2.75, 3.05) is 19.8 Å². The van der Waals surface area contributed by atoms with Gasteiger partial charge >= 0.3 is 12.3 Å². The monoisotopic (exact) mass is 1010 g/mol. The first kappa shape index (κ1) is 51.6. The van der Waals surface area contributed by atoms with Crippen LogP contribution in [0.15, 0.2) is 72.9 Å². The number of carbonyl (C=O) groups is 4. The number of hydrogen-bond donors (Lipinski definition) is 3. The highest BCUT2D eigenvalue weighted by Crippen LogP contribution is 2.48. The van der Waals surface area contributed by atoms with Crippen molar-refractivity contribution in [2.45, 2.75) is 151 Å². The fourth-order valence-electron chi connectivity index (χ4n) is 9.83. The molecule has 17 nitrogen and oxygen atoms in total. The second-order valence-electron chi connectivity index (χ2n) is 19.8. The molecule has 1 unspecified atom stereocenters. The van der Waals surface area contributed by atoms with Gasteiger partial charge in [-0.15, -0.1) is 0 Å². The van der Waals surface area contributed by atoms with Crippen LogP contribution in [-0.4, -0.2) is 135 Å². The minimum absolute atomic E-state index is 0.00203. The number of alkyl halides is 3. The van der Waals surface area contributed by atoms with Crippen LogP contribution >= 0.6 is 0 Å². The lowest BCUT2D eigenvalue weighted by Crippen LogP contribution is -2.72. The number of carboxylic acid groups (broad SMARTS) is 1. The van der Waals surface area contributed by atoms with Crippen LogP contribution in [0.25, 0.3) is 22.6 Å². The lowest BCUT2D eigenvalue weighted by atomic mass is 9.86. The number of pyridine rings is 2. The number of carbonyl (C=O) groups excluding carboxylic acids is 3. The Labute approximate surface area is 410 Å². The molecular weight excluding hydrogens is 950 g/mol. The second kappa shape index (κ2) is 20.0. The number of ether oxygens (including phenoxy) is 4. The quantitative estimate of drug-likeness (QED) is 0.159. The molecule has 0 spiro atoms. The van der Waals surface area contributed by atoms with E-state index in [2.05, 4.69) is 15.0 Å². The Bertz CT molecular complexity index is 2610. The predicted octanol–water partition coefficient (Wildman–Crippen LogP) is 6.81. The Kier molecular flexibility index (Phi) is 14.5. The van der Waals surface area contributed by atoms with E-state index in [4.69, 9.17) is 23.9 Å². The molecule has 2 saturated carbocycles. The Hall–Kier alpha value is -5.80. The van der Waals surface area contributed by atoms with Crippen LogP contribution in [0.5, 0.6) is 11.5 Å². The molecule has 8 rings (SSSR count). The van der Waals surface area contributed by atoms with Crippen molar-refractivity contribution in [3.05, 3.63) is 72.9 Å². The van der Waals surface area contributed by atoms with Gasteiger partial charge in [-0.05, 0) is 115 Å². The summed E-state index contributed by atoms with van der Waals surface area (Å²) in [7, 11) is -4.18. The first-order valence-corrected chi connectivity index (χ1v) is 25.6. The van der Waals surface area contributed by atoms with Gasteiger partial charge in [0.15, 0.2) is 5.54 Å². The summed E-state index contributed by atoms with van der Waals surface area (Å²) < 4.78 is 98.9. The van der Waals surface area contributed by atoms with Gasteiger partial charge in [0.1, 0.15) is 35.2 Å². The fraction of sp³-hybridized carbons (Fsp3) is 0.560. The third-order valence-electron chi connectivity index (χ3n) is 14.2. The molecular formula is C50H61F3N6O11S. The SMILES string of the molecule is CC[C@@H]1O[C@H](C)CCC=C[C@@H]2C[C@@]2(C(=O)NS(=O)(=O)C2(C)CC2)NC(=O)[C@@H]2C[C@@H](Oc3cc(-c4ccc(OC(C)C)cc4)nc(-c4ccccn4)c3)CN2C(=O)[C@H]1N(C(=O)O)C1(C(F)(F)F)CCCOC1. The van der Waals surface area contributed by atoms with E-state index in [-0.39, 0.29) is 55.5 Å². The fourth-order valence-corrected chi connectivity index (χ4v) is 11.1. The van der Waals surface area contributed by atoms with Crippen LogP contribution in [-0.2, 0) is 33.9 Å². The second-order valence-corrected chi connectivity index (χ2v) is 22.0. The summed E-state index contributed by atoms with van der Waals surface area (Å²) in [6.07, 6.45) is -5.57. The molecule has 384 valence electrons. The third-order valence-corrected chi connectivity index (χ3v) is 16.4. The molecule has 5 aliphatic rings. The molecule has 2 aromatic heterocycles. The van der Waals surface area contributed by atoms with Gasteiger partial charge < -0.3 is 34.3 Å². The minimum Gasteiger partial charge on any atom is -0.491 e. The topological polar surface area (TPSA) is 216 Å². The number of benzene rings is 1. The van der Waals surface area contributed by atoms with Crippen LogP contribution < -0.4 is 19.5 Å². The molecule has 4 amide bonds. The van der Waals surface area contributed by atoms with Crippen molar-refractivity contribution < 1.29 is 64.8 Å². The Morgan fingerprint density at radius 2 is 1.79 bits per heavy atom. The van der Waals surface area contributed by atoms with Crippen molar-refractivity contribution in [1.29, 1.82) is 0 Å². The smallest absolute Gasteiger partial charge is 0.414 e. The van der Waals surface area contributed by atoms with E-state index in [1.54, 1.807) is 74.7 Å². The van der Waals surface area contributed by atoms with Gasteiger partial charge in [-0.3, -0.25) is 29.0 Å². The van der Waals surface area contributed by atoms with Crippen molar-refractivity contribution in [2.24, 2.45) is 5.92 Å². The zero-order valence-corrected chi connectivity index (χ0v) is 41.1. The number of halogens is 3. The number of nitrogens with one attached hydrogen (secondary N) is 2. The van der Waals surface area contributed by atoms with Gasteiger partial charge in [0.2, 0.25) is 21.8 Å². The summed E-state index contributed by atoms with van der Waals surface area (Å²) in [5, 5.41) is 13.7. The van der Waals surface area contributed by atoms with Gasteiger partial charge in [-0.2, -0.15) is 13.2 Å². The van der Waals surface area contributed by atoms with E-state index in [1.807, 2.05) is 26.0 Å². The first-order chi connectivity index (χ1) is 33.6. The van der Waals surface area contributed by atoms with E-state index >= 15 is 22.8 Å². The number of nitrogens with zero attached hydrogens (tertiary/aromatic N) is 4. The largest absolute Gasteiger partial charge is 0.491 e. The lowest BCUT2D eigenvalue weighted by Gasteiger charge is -2.50. The van der Waals surface area contributed by atoms with Crippen molar-refractivity contribution in [3.8, 4) is 34.1 Å². The molecule has 21 heteroatoms. The van der Waals surface area contributed by atoms with E-state index < -0.39 is 112 Å². The molecule has 1 aromatic carbocycles. The zero-order chi connectivity index (χ0) is 51.1. The molecule has 2 aliphatic carbocycles. The van der Waals surface area contributed by atoms with Crippen molar-refractivity contribution in [1.82, 2.24) is 29.8 Å². The summed E-state index contributed by atoms with van der Waals surface area (Å²) in [5.41, 5.74) is -2.94. The number of rotatable bonds is 12. The van der Waals surface area contributed by atoms with E-state index in [0.717, 1.165) is 4.90 Å². The molecule has 5 heterocycles. The van der Waals surface area contributed by atoms with Crippen LogP contribution in [0.4, 0.5) is 18.0 Å². The number of hydrogen-bond acceptors (Lipinski definition) is 12. The summed E-state index contributed by atoms with van der Waals surface area (Å²) >= 11 is 0. The van der Waals surface area contributed by atoms with Crippen molar-refractivity contribution >= 4 is 33.8 Å². The van der Waals surface area contributed by atoms with Gasteiger partial charge in [-0.25, -0.2) is 18.2 Å². The molecule has 3 aromatic rings. The highest BCUT2D eigenvalue weighted by molar-refractivity contribution is 7.91. The van der Waals surface area contributed by atoms with Crippen LogP contribution in [0, 0.1) is 5.92 Å². The molecule has 71 heavy (non-hydrogen) atoms. The normalized spacial score (nSPS) is 28.9. The maximum absolute atomic E-state index is 15.6. The van der Waals surface area contributed by atoms with Gasteiger partial charge in [0.05, 0.1) is 53.3 Å². The van der Waals surface area contributed by atoms with E-state index in [9.17, 15) is 23.1 Å². The first-order valence-electron chi connectivity index (χ1n) is 24.2. The average Bonchev–Trinajstić information content (AvgIpc) is 4.21. The predicted molar refractivity (Wildman–Crippen MR) is 252 cm³/mol. The minimum atomic E-state index is -5.23. The van der Waals surface area contributed by atoms with Gasteiger partial charge in [0.25, 0.3) is 5.91 Å². The Morgan fingerprint density at radius 3 is 2.41 bits per heavy atom. The molecule has 3 N–H and O–H groups in total. The van der Waals surface area contributed by atoms with Crippen LogP contribution in [0.3, 0.4) is 0 Å². The molecule has 0 radical (unpaired) electrons. The number of allylic oxidation sites excluding steroid dienone is 1. The van der Waals surface area contributed by atoms with E-state index in [1.165, 1.54) is 6.92 Å². The van der Waals surface area contributed by atoms with Crippen LogP contribution in [0.2, 0.25) is 0 Å². The Morgan fingerprint density at radius 1 is 1.06 bits per heavy atom. The summed E-state index contributed by atoms with van der Waals surface area (Å²) in [6.45, 7) is 6.96. The van der Waals surface area contributed by atoms with Crippen molar-refractivity contribution in [3.63, 3.8) is 0 Å². The summed E-state index contributed by atoms with van der Waals surface area (Å²) in [4.78, 5) is 68.9. The maximum atomic E-state index is 15.6. The molecule has 4 fully saturated rings. The average molecular weight is 1010 g/mol. The number of sulfonamides is 1. The molecule has 3 aliphatic heterocycles. The lowest BCUT2D eigenvalue weighted by molar-refractivity contribution is -0.263. The summed E-state index contributed by atoms with van der Waals surface area (Å²) in [6, 6.07) is 12.0. The Balaban J connectivity index is 1.22. The highest BCUT2D eigenvalue weighted by atomic mass is 32.2. The van der Waals surface area contributed by atoms with E-state index in [0.29, 0.717) is 47.7 Å². The zero-order valence-electron chi connectivity index (χ0n) is 40.3. The standard InChI is InChI=1S/C50H61F3N6O11S/c1-6-41-42(59(46(63)64)48(50(51,52)53)19-11-23-67-29-48)44(61)58-28-36(70-35-24-38(32-15-17-34(18-16-32)68-30(2)3)55-39(25-35)37-14-9-10-22-54-37)26-40(58)43(60)56-49(27-33(49)13-8-7-12-31(4)69-41)45(62)57-71(65,66)47(5)20-21-47/h8-10,13-18,22,24-25,30-31,33,36,40-42H,6-7,11-12,19-21,23,26-29H2,1-5H3,(H,56,60)(H,57,62)(H,63,64)/t31-,33-,36-,40+,41+,42+,48?,49-/m1/s1. The van der Waals surface area contributed by atoms with Gasteiger partial charge in [0, 0.05) is 42.8 Å². The summed E-state index contributed by atoms with van der Waals surface area (Å²) in [5.74, 6) is -2.88. The number of amides is 4. The highest BCUT2D eigenvalue weighted by Gasteiger charge is 2.66. The molecule has 8 atom stereocenters. The molecule has 2 saturated heterocycles. The van der Waals surface area contributed by atoms with Gasteiger partial charge in [-0.1, -0.05) is 25.1 Å². The maximum Gasteiger partial charge on any atom is 0.414 e. The number of fused-ring (bicyclic) bond motifs is 2. The number of aromatic nitrogens is 2. The van der Waals surface area contributed by atoms with Crippen LogP contribution in [0.1, 0.15) is 92.4 Å².